The van der Waals surface area contributed by atoms with Crippen LogP contribution in [0.25, 0.3) is 0 Å². The van der Waals surface area contributed by atoms with E-state index in [0.717, 1.165) is 5.56 Å². The molecule has 1 aliphatic heterocycles. The second kappa shape index (κ2) is 9.17. The van der Waals surface area contributed by atoms with Gasteiger partial charge in [0.25, 0.3) is 17.5 Å². The van der Waals surface area contributed by atoms with Crippen LogP contribution < -0.4 is 10.6 Å². The number of nitro benzene ring substituents is 1. The van der Waals surface area contributed by atoms with Crippen molar-refractivity contribution in [2.45, 2.75) is 19.8 Å². The van der Waals surface area contributed by atoms with Crippen molar-refractivity contribution < 1.29 is 19.3 Å². The summed E-state index contributed by atoms with van der Waals surface area (Å²) in [5, 5.41) is 16.6. The van der Waals surface area contributed by atoms with Gasteiger partial charge in [0, 0.05) is 32.1 Å². The molecule has 3 amide bonds. The Bertz CT molecular complexity index is 1000. The number of nitrogens with one attached hydrogen (secondary N) is 2. The summed E-state index contributed by atoms with van der Waals surface area (Å²) in [6.45, 7) is 2.65. The number of rotatable bonds is 9. The van der Waals surface area contributed by atoms with Crippen LogP contribution >= 0.6 is 0 Å². The van der Waals surface area contributed by atoms with Gasteiger partial charge in [-0.1, -0.05) is 23.8 Å². The fourth-order valence-electron chi connectivity index (χ4n) is 3.28. The lowest BCUT2D eigenvalue weighted by atomic mass is 10.1. The van der Waals surface area contributed by atoms with E-state index < -0.39 is 4.92 Å². The van der Waals surface area contributed by atoms with Gasteiger partial charge in [0.05, 0.1) is 16.1 Å². The second-order valence-electron chi connectivity index (χ2n) is 6.97. The number of carbonyl (C=O) groups is 3. The molecule has 0 radical (unpaired) electrons. The van der Waals surface area contributed by atoms with Gasteiger partial charge in [0.1, 0.15) is 5.69 Å². The molecule has 0 saturated heterocycles. The highest BCUT2D eigenvalue weighted by Gasteiger charge is 2.34. The van der Waals surface area contributed by atoms with Crippen molar-refractivity contribution in [3.8, 4) is 0 Å². The quantitative estimate of drug-likeness (QED) is 0.283. The average molecular weight is 410 g/mol. The summed E-state index contributed by atoms with van der Waals surface area (Å²) in [6.07, 6.45) is 0.520. The first kappa shape index (κ1) is 21.0. The molecule has 3 rings (SSSR count). The van der Waals surface area contributed by atoms with E-state index in [9.17, 15) is 24.5 Å². The van der Waals surface area contributed by atoms with Crippen LogP contribution in [0.1, 0.15) is 39.1 Å². The number of fused-ring (bicyclic) bond motifs is 1. The summed E-state index contributed by atoms with van der Waals surface area (Å²) >= 11 is 0. The van der Waals surface area contributed by atoms with Crippen LogP contribution in [0.5, 0.6) is 0 Å². The smallest absolute Gasteiger partial charge is 0.292 e. The molecule has 30 heavy (non-hydrogen) atoms. The van der Waals surface area contributed by atoms with E-state index in [0.29, 0.717) is 29.8 Å². The predicted octanol–water partition coefficient (Wildman–Crippen LogP) is 2.51. The normalized spacial score (nSPS) is 12.6. The Labute approximate surface area is 173 Å². The van der Waals surface area contributed by atoms with Crippen molar-refractivity contribution >= 4 is 29.1 Å². The van der Waals surface area contributed by atoms with Crippen molar-refractivity contribution in [3.63, 3.8) is 0 Å². The summed E-state index contributed by atoms with van der Waals surface area (Å²) < 4.78 is 0. The molecule has 156 valence electrons. The van der Waals surface area contributed by atoms with E-state index in [1.165, 1.54) is 11.0 Å². The molecule has 9 nitrogen and oxygen atoms in total. The van der Waals surface area contributed by atoms with Gasteiger partial charge in [0.2, 0.25) is 5.91 Å². The van der Waals surface area contributed by atoms with Crippen molar-refractivity contribution in [1.29, 1.82) is 0 Å². The minimum Gasteiger partial charge on any atom is -0.378 e. The topological polar surface area (TPSA) is 122 Å². The molecular weight excluding hydrogens is 388 g/mol. The molecule has 0 spiro atoms. The highest BCUT2D eigenvalue weighted by Crippen LogP contribution is 2.24. The number of para-hydroxylation sites is 2. The highest BCUT2D eigenvalue weighted by atomic mass is 16.6. The Morgan fingerprint density at radius 1 is 1.07 bits per heavy atom. The van der Waals surface area contributed by atoms with E-state index in [2.05, 4.69) is 10.6 Å². The maximum absolute atomic E-state index is 12.4. The van der Waals surface area contributed by atoms with Crippen LogP contribution in [0, 0.1) is 17.0 Å². The first-order valence-corrected chi connectivity index (χ1v) is 9.59. The van der Waals surface area contributed by atoms with Crippen LogP contribution in [-0.4, -0.2) is 47.2 Å². The van der Waals surface area contributed by atoms with Crippen molar-refractivity contribution in [1.82, 2.24) is 10.2 Å². The van der Waals surface area contributed by atoms with Crippen LogP contribution in [0.15, 0.2) is 42.5 Å². The maximum atomic E-state index is 12.4. The fourth-order valence-corrected chi connectivity index (χ4v) is 3.28. The molecule has 2 aromatic carbocycles. The lowest BCUT2D eigenvalue weighted by Gasteiger charge is -2.13. The number of hydrogen-bond acceptors (Lipinski definition) is 6. The van der Waals surface area contributed by atoms with Gasteiger partial charge in [0.15, 0.2) is 0 Å². The van der Waals surface area contributed by atoms with Gasteiger partial charge < -0.3 is 10.6 Å². The third-order valence-electron chi connectivity index (χ3n) is 4.78. The summed E-state index contributed by atoms with van der Waals surface area (Å²) in [5.41, 5.74) is 2.07. The Hall–Kier alpha value is -3.75. The molecular formula is C21H22N4O5. The molecule has 2 N–H and O–H groups in total. The lowest BCUT2D eigenvalue weighted by molar-refractivity contribution is -0.384. The third-order valence-corrected chi connectivity index (χ3v) is 4.78. The number of benzene rings is 2. The summed E-state index contributed by atoms with van der Waals surface area (Å²) in [6, 6.07) is 11.4. The number of nitrogens with zero attached hydrogens (tertiary/aromatic N) is 2. The maximum Gasteiger partial charge on any atom is 0.292 e. The van der Waals surface area contributed by atoms with Crippen LogP contribution in [-0.2, 0) is 4.79 Å². The monoisotopic (exact) mass is 410 g/mol. The number of amides is 3. The fraction of sp³-hybridized carbons (Fsp3) is 0.286. The zero-order valence-electron chi connectivity index (χ0n) is 16.5. The molecule has 0 atom stereocenters. The number of nitro groups is 1. The van der Waals surface area contributed by atoms with Crippen LogP contribution in [0.2, 0.25) is 0 Å². The van der Waals surface area contributed by atoms with Gasteiger partial charge in [-0.25, -0.2) is 0 Å². The number of aryl methyl sites for hydroxylation is 1. The molecule has 0 fully saturated rings. The number of imide groups is 1. The van der Waals surface area contributed by atoms with Gasteiger partial charge in [-0.2, -0.15) is 0 Å². The zero-order valence-corrected chi connectivity index (χ0v) is 16.5. The lowest BCUT2D eigenvalue weighted by Crippen LogP contribution is -2.33. The molecule has 0 aromatic heterocycles. The van der Waals surface area contributed by atoms with Gasteiger partial charge in [-0.15, -0.1) is 0 Å². The molecule has 0 bridgehead atoms. The number of hydrogen-bond donors (Lipinski definition) is 2. The molecule has 1 heterocycles. The van der Waals surface area contributed by atoms with Crippen molar-refractivity contribution in [3.05, 3.63) is 69.3 Å². The molecule has 9 heteroatoms. The Morgan fingerprint density at radius 2 is 1.80 bits per heavy atom. The van der Waals surface area contributed by atoms with Crippen LogP contribution in [0.4, 0.5) is 11.4 Å². The Morgan fingerprint density at radius 3 is 2.57 bits per heavy atom. The first-order chi connectivity index (χ1) is 14.4. The van der Waals surface area contributed by atoms with Gasteiger partial charge in [-0.3, -0.25) is 29.4 Å². The minimum atomic E-state index is -0.471. The van der Waals surface area contributed by atoms with E-state index in [1.54, 1.807) is 36.4 Å². The molecule has 0 unspecified atom stereocenters. The van der Waals surface area contributed by atoms with E-state index in [1.807, 2.05) is 6.92 Å². The Kier molecular flexibility index (Phi) is 6.41. The first-order valence-electron chi connectivity index (χ1n) is 9.59. The second-order valence-corrected chi connectivity index (χ2v) is 6.97. The SMILES string of the molecule is Cc1ccc2c(c1)C(=O)N(CCCC(=O)NCCNc1ccccc1[N+](=O)[O-])C2=O. The molecule has 1 aliphatic rings. The number of anilines is 1. The van der Waals surface area contributed by atoms with E-state index in [4.69, 9.17) is 0 Å². The van der Waals surface area contributed by atoms with Gasteiger partial charge >= 0.3 is 0 Å². The predicted molar refractivity (Wildman–Crippen MR) is 110 cm³/mol. The van der Waals surface area contributed by atoms with Crippen molar-refractivity contribution in [2.75, 3.05) is 25.0 Å². The molecule has 0 saturated carbocycles. The summed E-state index contributed by atoms with van der Waals surface area (Å²) in [4.78, 5) is 48.4. The highest BCUT2D eigenvalue weighted by molar-refractivity contribution is 6.21. The summed E-state index contributed by atoms with van der Waals surface area (Å²) in [7, 11) is 0. The van der Waals surface area contributed by atoms with E-state index >= 15 is 0 Å². The molecule has 0 aliphatic carbocycles. The van der Waals surface area contributed by atoms with Crippen LogP contribution in [0.3, 0.4) is 0 Å². The standard InChI is InChI=1S/C21H22N4O5/c1-14-8-9-15-16(13-14)21(28)24(20(15)27)12-4-7-19(26)23-11-10-22-17-5-2-3-6-18(17)25(29)30/h2-3,5-6,8-9,13,22H,4,7,10-12H2,1H3,(H,23,26). The average Bonchev–Trinajstić information content (AvgIpc) is 2.95. The van der Waals surface area contributed by atoms with E-state index in [-0.39, 0.29) is 42.9 Å². The number of carbonyl (C=O) groups excluding carboxylic acids is 3. The largest absolute Gasteiger partial charge is 0.378 e. The third kappa shape index (κ3) is 4.62. The zero-order chi connectivity index (χ0) is 21.7. The minimum absolute atomic E-state index is 0.0278. The van der Waals surface area contributed by atoms with Crippen molar-refractivity contribution in [2.24, 2.45) is 0 Å². The Balaban J connectivity index is 1.39. The molecule has 2 aromatic rings. The summed E-state index contributed by atoms with van der Waals surface area (Å²) in [5.74, 6) is -0.872. The van der Waals surface area contributed by atoms with Gasteiger partial charge in [-0.05, 0) is 31.5 Å².